The van der Waals surface area contributed by atoms with E-state index in [-0.39, 0.29) is 24.9 Å². The van der Waals surface area contributed by atoms with E-state index in [4.69, 9.17) is 4.74 Å². The molecule has 3 N–H and O–H groups in total. The third kappa shape index (κ3) is 40.4. The van der Waals surface area contributed by atoms with Crippen molar-refractivity contribution in [3.8, 4) is 0 Å². The highest BCUT2D eigenvalue weighted by molar-refractivity contribution is 5.77. The maximum atomic E-state index is 13.1. The second kappa shape index (κ2) is 44.9. The summed E-state index contributed by atoms with van der Waals surface area (Å²) in [5.74, 6) is -0.507. The van der Waals surface area contributed by atoms with Crippen LogP contribution in [0.5, 0.6) is 0 Å². The first-order chi connectivity index (χ1) is 28.0. The molecule has 0 saturated carbocycles. The summed E-state index contributed by atoms with van der Waals surface area (Å²) in [5, 5.41) is 23.6. The highest BCUT2D eigenvalue weighted by Gasteiger charge is 2.24. The molecule has 0 radical (unpaired) electrons. The van der Waals surface area contributed by atoms with Crippen LogP contribution in [0.4, 0.5) is 0 Å². The highest BCUT2D eigenvalue weighted by Crippen LogP contribution is 2.17. The van der Waals surface area contributed by atoms with Gasteiger partial charge in [0, 0.05) is 6.42 Å². The maximum absolute atomic E-state index is 13.1. The van der Waals surface area contributed by atoms with E-state index in [9.17, 15) is 19.8 Å². The number of aliphatic hydroxyl groups is 2. The van der Waals surface area contributed by atoms with Crippen molar-refractivity contribution < 1.29 is 24.5 Å². The van der Waals surface area contributed by atoms with Crippen LogP contribution in [0.3, 0.4) is 0 Å². The lowest BCUT2D eigenvalue weighted by molar-refractivity contribution is -0.151. The van der Waals surface area contributed by atoms with Gasteiger partial charge in [0.2, 0.25) is 5.91 Å². The second-order valence-electron chi connectivity index (χ2n) is 16.6. The summed E-state index contributed by atoms with van der Waals surface area (Å²) in [6.07, 6.45) is 53.0. The van der Waals surface area contributed by atoms with Crippen molar-refractivity contribution in [2.45, 2.75) is 257 Å². The first-order valence-corrected chi connectivity index (χ1v) is 24.4. The molecule has 3 atom stereocenters. The summed E-state index contributed by atoms with van der Waals surface area (Å²) in [6.45, 7) is 6.40. The van der Waals surface area contributed by atoms with Crippen LogP contribution < -0.4 is 5.32 Å². The van der Waals surface area contributed by atoms with Crippen LogP contribution in [0.15, 0.2) is 48.6 Å². The lowest BCUT2D eigenvalue weighted by atomic mass is 10.0. The molecule has 6 nitrogen and oxygen atoms in total. The van der Waals surface area contributed by atoms with Gasteiger partial charge in [-0.1, -0.05) is 198 Å². The Labute approximate surface area is 353 Å². The van der Waals surface area contributed by atoms with Gasteiger partial charge in [-0.05, 0) is 77.0 Å². The van der Waals surface area contributed by atoms with Crippen molar-refractivity contribution in [2.75, 3.05) is 6.61 Å². The molecular weight excluding hydrogens is 707 g/mol. The number of rotatable bonds is 43. The lowest BCUT2D eigenvalue weighted by Gasteiger charge is -2.24. The molecule has 0 aromatic heterocycles. The summed E-state index contributed by atoms with van der Waals surface area (Å²) in [5.41, 5.74) is 0. The van der Waals surface area contributed by atoms with Gasteiger partial charge in [-0.3, -0.25) is 9.59 Å². The molecule has 0 aliphatic carbocycles. The summed E-state index contributed by atoms with van der Waals surface area (Å²) >= 11 is 0. The number of hydrogen-bond acceptors (Lipinski definition) is 5. The second-order valence-corrected chi connectivity index (χ2v) is 16.6. The number of nitrogens with one attached hydrogen (secondary N) is 1. The Morgan fingerprint density at radius 3 is 1.33 bits per heavy atom. The monoisotopic (exact) mass is 800 g/mol. The molecule has 3 unspecified atom stereocenters. The van der Waals surface area contributed by atoms with Crippen molar-refractivity contribution in [3.63, 3.8) is 0 Å². The largest absolute Gasteiger partial charge is 0.462 e. The Kier molecular flexibility index (Phi) is 43.2. The van der Waals surface area contributed by atoms with Crippen LogP contribution in [0.1, 0.15) is 239 Å². The predicted molar refractivity (Wildman–Crippen MR) is 245 cm³/mol. The number of unbranched alkanes of at least 4 members (excludes halogenated alkanes) is 25. The van der Waals surface area contributed by atoms with Gasteiger partial charge in [0.15, 0.2) is 0 Å². The average Bonchev–Trinajstić information content (AvgIpc) is 3.20. The van der Waals surface area contributed by atoms with E-state index in [0.717, 1.165) is 83.5 Å². The topological polar surface area (TPSA) is 95.9 Å². The minimum Gasteiger partial charge on any atom is -0.462 e. The first-order valence-electron chi connectivity index (χ1n) is 24.4. The normalized spacial score (nSPS) is 13.7. The molecule has 0 aliphatic heterocycles. The fourth-order valence-electron chi connectivity index (χ4n) is 7.18. The van der Waals surface area contributed by atoms with E-state index in [1.165, 1.54) is 109 Å². The van der Waals surface area contributed by atoms with Gasteiger partial charge in [0.1, 0.15) is 6.10 Å². The number of aliphatic hydroxyl groups excluding tert-OH is 2. The van der Waals surface area contributed by atoms with E-state index in [1.807, 2.05) is 0 Å². The standard InChI is InChI=1S/C51H93NO5/c1-4-7-10-13-16-19-22-24-25-27-29-32-35-38-41-44-51(56)57-47(42-39-36-33-30-28-26-23-20-17-14-11-8-5-2)45-50(55)52-48(46-53)49(54)43-40-37-34-31-21-18-15-12-9-6-3/h16-17,19-20,22-24,26,47-49,53-54H,4-15,18,21,25,27-46H2,1-3H3,(H,52,55)/b19-16+,20-17+,24-22+,26-23+. The molecule has 0 aromatic carbocycles. The van der Waals surface area contributed by atoms with Crippen molar-refractivity contribution >= 4 is 11.9 Å². The molecular formula is C51H93NO5. The molecule has 0 spiro atoms. The van der Waals surface area contributed by atoms with Gasteiger partial charge in [0.05, 0.1) is 25.2 Å². The number of hydrogen-bond donors (Lipinski definition) is 3. The third-order valence-corrected chi connectivity index (χ3v) is 10.9. The molecule has 0 saturated heterocycles. The van der Waals surface area contributed by atoms with Crippen LogP contribution in [-0.4, -0.2) is 46.9 Å². The van der Waals surface area contributed by atoms with E-state index >= 15 is 0 Å². The zero-order valence-corrected chi connectivity index (χ0v) is 37.7. The smallest absolute Gasteiger partial charge is 0.306 e. The lowest BCUT2D eigenvalue weighted by Crippen LogP contribution is -2.46. The van der Waals surface area contributed by atoms with E-state index < -0.39 is 18.2 Å². The Bertz CT molecular complexity index is 988. The van der Waals surface area contributed by atoms with Crippen LogP contribution in [-0.2, 0) is 14.3 Å². The molecule has 0 heterocycles. The SMILES string of the molecule is CCCCC/C=C/C=C/CCCCCCCCC(=O)OC(CCCCCC/C=C/C=C/CCCCC)CC(=O)NC(CO)C(O)CCCCCCCCCCCC. The van der Waals surface area contributed by atoms with Gasteiger partial charge < -0.3 is 20.3 Å². The number of allylic oxidation sites excluding steroid dienone is 8. The van der Waals surface area contributed by atoms with Gasteiger partial charge in [-0.2, -0.15) is 0 Å². The minimum absolute atomic E-state index is 0.0592. The van der Waals surface area contributed by atoms with Crippen molar-refractivity contribution in [1.82, 2.24) is 5.32 Å². The Morgan fingerprint density at radius 1 is 0.509 bits per heavy atom. The summed E-state index contributed by atoms with van der Waals surface area (Å²) in [4.78, 5) is 26.0. The Morgan fingerprint density at radius 2 is 0.877 bits per heavy atom. The molecule has 0 bridgehead atoms. The van der Waals surface area contributed by atoms with Crippen molar-refractivity contribution in [3.05, 3.63) is 48.6 Å². The number of carbonyl (C=O) groups is 2. The summed E-state index contributed by atoms with van der Waals surface area (Å²) in [7, 11) is 0. The fraction of sp³-hybridized carbons (Fsp3) is 0.804. The number of amides is 1. The zero-order valence-electron chi connectivity index (χ0n) is 37.7. The predicted octanol–water partition coefficient (Wildman–Crippen LogP) is 14.3. The number of carbonyl (C=O) groups excluding carboxylic acids is 2. The molecule has 0 fully saturated rings. The number of ether oxygens (including phenoxy) is 1. The van der Waals surface area contributed by atoms with E-state index in [0.29, 0.717) is 19.3 Å². The van der Waals surface area contributed by atoms with Crippen LogP contribution in [0, 0.1) is 0 Å². The fourth-order valence-corrected chi connectivity index (χ4v) is 7.18. The molecule has 1 amide bonds. The molecule has 332 valence electrons. The Balaban J connectivity index is 4.64. The zero-order chi connectivity index (χ0) is 41.7. The highest BCUT2D eigenvalue weighted by atomic mass is 16.5. The quantitative estimate of drug-likeness (QED) is 0.0324. The average molecular weight is 800 g/mol. The van der Waals surface area contributed by atoms with Crippen molar-refractivity contribution in [2.24, 2.45) is 0 Å². The first kappa shape index (κ1) is 54.8. The molecule has 57 heavy (non-hydrogen) atoms. The summed E-state index contributed by atoms with van der Waals surface area (Å²) in [6, 6.07) is -0.708. The molecule has 0 rings (SSSR count). The third-order valence-electron chi connectivity index (χ3n) is 10.9. The van der Waals surface area contributed by atoms with E-state index in [1.54, 1.807) is 0 Å². The minimum atomic E-state index is -0.793. The van der Waals surface area contributed by atoms with Gasteiger partial charge in [0.25, 0.3) is 0 Å². The van der Waals surface area contributed by atoms with Gasteiger partial charge >= 0.3 is 5.97 Å². The van der Waals surface area contributed by atoms with Gasteiger partial charge in [-0.15, -0.1) is 0 Å². The van der Waals surface area contributed by atoms with Crippen molar-refractivity contribution in [1.29, 1.82) is 0 Å². The number of esters is 1. The summed E-state index contributed by atoms with van der Waals surface area (Å²) < 4.78 is 5.91. The Hall–Kier alpha value is -2.18. The molecule has 0 aliphatic rings. The van der Waals surface area contributed by atoms with E-state index in [2.05, 4.69) is 74.7 Å². The van der Waals surface area contributed by atoms with Gasteiger partial charge in [-0.25, -0.2) is 0 Å². The molecule has 6 heteroatoms. The van der Waals surface area contributed by atoms with Crippen LogP contribution in [0.2, 0.25) is 0 Å². The van der Waals surface area contributed by atoms with Crippen LogP contribution >= 0.6 is 0 Å². The van der Waals surface area contributed by atoms with Crippen LogP contribution in [0.25, 0.3) is 0 Å². The molecule has 0 aromatic rings. The maximum Gasteiger partial charge on any atom is 0.306 e.